The molecule has 0 atom stereocenters. The molecule has 0 aliphatic carbocycles. The summed E-state index contributed by atoms with van der Waals surface area (Å²) in [4.78, 5) is 19.6. The first-order valence-electron chi connectivity index (χ1n) is 4.77. The molecule has 0 unspecified atom stereocenters. The standard InChI is InChI=1S/C8H11N5O3/c9-7-6(13(14)15)8(11-5-10-7)12-1-3-16-4-2-12/h5H,1-4H2,(H2,9,10,11). The summed E-state index contributed by atoms with van der Waals surface area (Å²) in [6, 6.07) is 0. The topological polar surface area (TPSA) is 107 Å². The molecule has 8 nitrogen and oxygen atoms in total. The van der Waals surface area contributed by atoms with E-state index in [1.54, 1.807) is 4.90 Å². The van der Waals surface area contributed by atoms with Gasteiger partial charge < -0.3 is 15.4 Å². The molecule has 86 valence electrons. The normalized spacial score (nSPS) is 16.1. The van der Waals surface area contributed by atoms with Crippen LogP contribution in [0.1, 0.15) is 0 Å². The highest BCUT2D eigenvalue weighted by Gasteiger charge is 2.26. The van der Waals surface area contributed by atoms with Crippen molar-refractivity contribution >= 4 is 17.3 Å². The summed E-state index contributed by atoms with van der Waals surface area (Å²) in [6.07, 6.45) is 1.23. The quantitative estimate of drug-likeness (QED) is 0.548. The summed E-state index contributed by atoms with van der Waals surface area (Å²) >= 11 is 0. The number of nitro groups is 1. The summed E-state index contributed by atoms with van der Waals surface area (Å²) in [5, 5.41) is 10.9. The minimum absolute atomic E-state index is 0.110. The molecular weight excluding hydrogens is 214 g/mol. The highest BCUT2D eigenvalue weighted by atomic mass is 16.6. The number of hydrogen-bond acceptors (Lipinski definition) is 7. The lowest BCUT2D eigenvalue weighted by molar-refractivity contribution is -0.383. The summed E-state index contributed by atoms with van der Waals surface area (Å²) in [5.74, 6) is 0.155. The first kappa shape index (κ1) is 10.6. The van der Waals surface area contributed by atoms with Crippen LogP contribution in [0.2, 0.25) is 0 Å². The third-order valence-corrected chi connectivity index (χ3v) is 2.32. The molecule has 16 heavy (non-hydrogen) atoms. The van der Waals surface area contributed by atoms with E-state index in [0.717, 1.165) is 0 Å². The molecule has 8 heteroatoms. The Labute approximate surface area is 91.2 Å². The van der Waals surface area contributed by atoms with E-state index in [4.69, 9.17) is 10.5 Å². The van der Waals surface area contributed by atoms with Crippen LogP contribution >= 0.6 is 0 Å². The van der Waals surface area contributed by atoms with Crippen molar-refractivity contribution < 1.29 is 9.66 Å². The summed E-state index contributed by atoms with van der Waals surface area (Å²) < 4.78 is 5.17. The fourth-order valence-electron chi connectivity index (χ4n) is 1.56. The molecule has 1 aromatic heterocycles. The second-order valence-corrected chi connectivity index (χ2v) is 3.29. The van der Waals surface area contributed by atoms with Crippen LogP contribution in [0, 0.1) is 10.1 Å². The molecule has 1 aliphatic rings. The fourth-order valence-corrected chi connectivity index (χ4v) is 1.56. The van der Waals surface area contributed by atoms with Crippen LogP contribution in [0.3, 0.4) is 0 Å². The fraction of sp³-hybridized carbons (Fsp3) is 0.500. The van der Waals surface area contributed by atoms with Gasteiger partial charge in [-0.2, -0.15) is 0 Å². The molecule has 0 bridgehead atoms. The second-order valence-electron chi connectivity index (χ2n) is 3.29. The monoisotopic (exact) mass is 225 g/mol. The van der Waals surface area contributed by atoms with Crippen molar-refractivity contribution in [1.82, 2.24) is 9.97 Å². The molecule has 0 aromatic carbocycles. The van der Waals surface area contributed by atoms with E-state index in [2.05, 4.69) is 9.97 Å². The van der Waals surface area contributed by atoms with Gasteiger partial charge in [0.2, 0.25) is 11.6 Å². The molecule has 2 N–H and O–H groups in total. The van der Waals surface area contributed by atoms with Crippen LogP contribution in [0.15, 0.2) is 6.33 Å². The van der Waals surface area contributed by atoms with Gasteiger partial charge in [0.25, 0.3) is 0 Å². The molecular formula is C8H11N5O3. The zero-order valence-electron chi connectivity index (χ0n) is 8.50. The number of aromatic nitrogens is 2. The van der Waals surface area contributed by atoms with E-state index < -0.39 is 4.92 Å². The highest BCUT2D eigenvalue weighted by molar-refractivity contribution is 5.68. The zero-order valence-corrected chi connectivity index (χ0v) is 8.50. The number of ether oxygens (including phenoxy) is 1. The number of hydrogen-bond donors (Lipinski definition) is 1. The Morgan fingerprint density at radius 1 is 1.44 bits per heavy atom. The van der Waals surface area contributed by atoms with Gasteiger partial charge in [-0.15, -0.1) is 0 Å². The molecule has 0 spiro atoms. The Hall–Kier alpha value is -1.96. The minimum Gasteiger partial charge on any atom is -0.378 e. The number of rotatable bonds is 2. The Morgan fingerprint density at radius 2 is 2.12 bits per heavy atom. The lowest BCUT2D eigenvalue weighted by atomic mass is 10.3. The predicted octanol–water partition coefficient (Wildman–Crippen LogP) is -0.196. The van der Waals surface area contributed by atoms with E-state index in [-0.39, 0.29) is 17.3 Å². The summed E-state index contributed by atoms with van der Waals surface area (Å²) in [5.41, 5.74) is 5.25. The average Bonchev–Trinajstić information content (AvgIpc) is 2.29. The van der Waals surface area contributed by atoms with Gasteiger partial charge in [0.05, 0.1) is 18.1 Å². The number of anilines is 2. The molecule has 0 radical (unpaired) electrons. The molecule has 2 rings (SSSR count). The summed E-state index contributed by atoms with van der Waals surface area (Å²) in [6.45, 7) is 2.19. The Kier molecular flexibility index (Phi) is 2.82. The van der Waals surface area contributed by atoms with Gasteiger partial charge in [0.15, 0.2) is 0 Å². The van der Waals surface area contributed by atoms with Gasteiger partial charge in [-0.05, 0) is 0 Å². The van der Waals surface area contributed by atoms with Crippen molar-refractivity contribution in [2.24, 2.45) is 0 Å². The molecule has 0 amide bonds. The predicted molar refractivity (Wildman–Crippen MR) is 56.1 cm³/mol. The summed E-state index contributed by atoms with van der Waals surface area (Å²) in [7, 11) is 0. The molecule has 1 aliphatic heterocycles. The smallest absolute Gasteiger partial charge is 0.353 e. The van der Waals surface area contributed by atoms with E-state index in [1.807, 2.05) is 0 Å². The van der Waals surface area contributed by atoms with E-state index in [1.165, 1.54) is 6.33 Å². The van der Waals surface area contributed by atoms with Gasteiger partial charge in [0, 0.05) is 13.1 Å². The van der Waals surface area contributed by atoms with Crippen molar-refractivity contribution in [1.29, 1.82) is 0 Å². The average molecular weight is 225 g/mol. The number of nitrogens with two attached hydrogens (primary N) is 1. The number of nitrogens with zero attached hydrogens (tertiary/aromatic N) is 4. The molecule has 1 saturated heterocycles. The van der Waals surface area contributed by atoms with E-state index in [9.17, 15) is 10.1 Å². The van der Waals surface area contributed by atoms with Crippen molar-refractivity contribution in [2.45, 2.75) is 0 Å². The second kappa shape index (κ2) is 4.27. The van der Waals surface area contributed by atoms with Crippen LogP contribution in [0.25, 0.3) is 0 Å². The molecule has 1 aromatic rings. The molecule has 0 saturated carbocycles. The lowest BCUT2D eigenvalue weighted by Gasteiger charge is -2.27. The highest BCUT2D eigenvalue weighted by Crippen LogP contribution is 2.29. The minimum atomic E-state index is -0.555. The van der Waals surface area contributed by atoms with Crippen LogP contribution in [-0.2, 0) is 4.74 Å². The van der Waals surface area contributed by atoms with Gasteiger partial charge in [-0.1, -0.05) is 0 Å². The first-order valence-corrected chi connectivity index (χ1v) is 4.77. The lowest BCUT2D eigenvalue weighted by Crippen LogP contribution is -2.37. The Bertz CT molecular complexity index is 405. The van der Waals surface area contributed by atoms with Crippen LogP contribution in [0.4, 0.5) is 17.3 Å². The van der Waals surface area contributed by atoms with Crippen molar-refractivity contribution in [2.75, 3.05) is 36.9 Å². The SMILES string of the molecule is Nc1ncnc(N2CCOCC2)c1[N+](=O)[O-]. The third-order valence-electron chi connectivity index (χ3n) is 2.32. The van der Waals surface area contributed by atoms with Crippen molar-refractivity contribution in [3.05, 3.63) is 16.4 Å². The zero-order chi connectivity index (χ0) is 11.5. The van der Waals surface area contributed by atoms with Crippen LogP contribution in [0.5, 0.6) is 0 Å². The Morgan fingerprint density at radius 3 is 2.75 bits per heavy atom. The van der Waals surface area contributed by atoms with Gasteiger partial charge in [-0.25, -0.2) is 9.97 Å². The van der Waals surface area contributed by atoms with Gasteiger partial charge >= 0.3 is 5.69 Å². The van der Waals surface area contributed by atoms with E-state index in [0.29, 0.717) is 26.3 Å². The molecule has 2 heterocycles. The van der Waals surface area contributed by atoms with Crippen LogP contribution in [-0.4, -0.2) is 41.2 Å². The molecule has 1 fully saturated rings. The number of nitrogen functional groups attached to an aromatic ring is 1. The third kappa shape index (κ3) is 1.87. The maximum Gasteiger partial charge on any atom is 0.353 e. The van der Waals surface area contributed by atoms with Crippen LogP contribution < -0.4 is 10.6 Å². The van der Waals surface area contributed by atoms with Gasteiger partial charge in [0.1, 0.15) is 6.33 Å². The largest absolute Gasteiger partial charge is 0.378 e. The van der Waals surface area contributed by atoms with Crippen molar-refractivity contribution in [3.63, 3.8) is 0 Å². The maximum absolute atomic E-state index is 10.9. The Balaban J connectivity index is 2.38. The maximum atomic E-state index is 10.9. The number of morpholine rings is 1. The van der Waals surface area contributed by atoms with Crippen molar-refractivity contribution in [3.8, 4) is 0 Å². The van der Waals surface area contributed by atoms with Gasteiger partial charge in [-0.3, -0.25) is 10.1 Å². The van der Waals surface area contributed by atoms with E-state index >= 15 is 0 Å². The first-order chi connectivity index (χ1) is 7.70.